The van der Waals surface area contributed by atoms with E-state index in [0.717, 1.165) is 18.4 Å². The van der Waals surface area contributed by atoms with Crippen molar-refractivity contribution in [2.75, 3.05) is 7.11 Å². The highest BCUT2D eigenvalue weighted by Gasteiger charge is 2.17. The largest absolute Gasteiger partial charge is 0.463 e. The lowest BCUT2D eigenvalue weighted by Crippen LogP contribution is -2.13. The number of carbonyl (C=O) groups excluding carboxylic acids is 2. The van der Waals surface area contributed by atoms with Crippen LogP contribution in [-0.2, 0) is 9.53 Å². The molecule has 0 atom stereocenters. The standard InChI is InChI=1S/C7H5ClO3S/c1-11-7(10)6(9)4-2-3-5(8)12-4/h2-3H,1H3. The van der Waals surface area contributed by atoms with E-state index in [1.807, 2.05) is 0 Å². The average Bonchev–Trinajstić information content (AvgIpc) is 2.49. The second kappa shape index (κ2) is 3.69. The third kappa shape index (κ3) is 1.84. The number of ether oxygens (including phenoxy) is 1. The van der Waals surface area contributed by atoms with Crippen LogP contribution >= 0.6 is 22.9 Å². The fraction of sp³-hybridized carbons (Fsp3) is 0.143. The van der Waals surface area contributed by atoms with Gasteiger partial charge in [-0.15, -0.1) is 11.3 Å². The van der Waals surface area contributed by atoms with E-state index in [-0.39, 0.29) is 0 Å². The minimum Gasteiger partial charge on any atom is -0.463 e. The van der Waals surface area contributed by atoms with Crippen LogP contribution in [-0.4, -0.2) is 18.9 Å². The van der Waals surface area contributed by atoms with E-state index < -0.39 is 11.8 Å². The Hall–Kier alpha value is -0.870. The third-order valence-corrected chi connectivity index (χ3v) is 2.40. The van der Waals surface area contributed by atoms with Crippen molar-refractivity contribution in [1.82, 2.24) is 0 Å². The van der Waals surface area contributed by atoms with Crippen LogP contribution in [0, 0.1) is 0 Å². The lowest BCUT2D eigenvalue weighted by atomic mass is 10.3. The second-order valence-electron chi connectivity index (χ2n) is 1.92. The highest BCUT2D eigenvalue weighted by atomic mass is 35.5. The molecule has 0 aliphatic carbocycles. The number of Topliss-reactive ketones (excluding diaryl/α,β-unsaturated/α-hetero) is 1. The Morgan fingerprint density at radius 3 is 2.58 bits per heavy atom. The van der Waals surface area contributed by atoms with Gasteiger partial charge in [-0.3, -0.25) is 4.79 Å². The molecule has 1 rings (SSSR count). The lowest BCUT2D eigenvalue weighted by molar-refractivity contribution is -0.135. The van der Waals surface area contributed by atoms with Gasteiger partial charge in [0.15, 0.2) is 0 Å². The Morgan fingerprint density at radius 1 is 1.50 bits per heavy atom. The molecule has 0 radical (unpaired) electrons. The zero-order valence-electron chi connectivity index (χ0n) is 6.17. The molecule has 1 aromatic rings. The molecule has 0 aromatic carbocycles. The molecule has 0 unspecified atom stereocenters. The van der Waals surface area contributed by atoms with Gasteiger partial charge in [-0.25, -0.2) is 4.79 Å². The maximum absolute atomic E-state index is 11.1. The number of carbonyl (C=O) groups is 2. The summed E-state index contributed by atoms with van der Waals surface area (Å²) in [5.74, 6) is -1.53. The molecule has 0 aliphatic heterocycles. The maximum Gasteiger partial charge on any atom is 0.380 e. The zero-order chi connectivity index (χ0) is 9.14. The van der Waals surface area contributed by atoms with Crippen molar-refractivity contribution < 1.29 is 14.3 Å². The third-order valence-electron chi connectivity index (χ3n) is 1.17. The number of thiophene rings is 1. The van der Waals surface area contributed by atoms with Crippen molar-refractivity contribution in [3.8, 4) is 0 Å². The van der Waals surface area contributed by atoms with Crippen LogP contribution < -0.4 is 0 Å². The van der Waals surface area contributed by atoms with E-state index in [4.69, 9.17) is 11.6 Å². The molecule has 5 heteroatoms. The molecule has 3 nitrogen and oxygen atoms in total. The Morgan fingerprint density at radius 2 is 2.17 bits per heavy atom. The van der Waals surface area contributed by atoms with Gasteiger partial charge in [0.2, 0.25) is 0 Å². The monoisotopic (exact) mass is 204 g/mol. The number of ketones is 1. The number of hydrogen-bond donors (Lipinski definition) is 0. The summed E-state index contributed by atoms with van der Waals surface area (Å²) in [5.41, 5.74) is 0. The molecular weight excluding hydrogens is 200 g/mol. The van der Waals surface area contributed by atoms with Crippen LogP contribution in [0.4, 0.5) is 0 Å². The highest BCUT2D eigenvalue weighted by Crippen LogP contribution is 2.21. The molecule has 0 saturated heterocycles. The second-order valence-corrected chi connectivity index (χ2v) is 3.64. The van der Waals surface area contributed by atoms with Crippen molar-refractivity contribution in [2.24, 2.45) is 0 Å². The van der Waals surface area contributed by atoms with Crippen LogP contribution in [0.3, 0.4) is 0 Å². The summed E-state index contributed by atoms with van der Waals surface area (Å²) in [6.07, 6.45) is 0. The summed E-state index contributed by atoms with van der Waals surface area (Å²) in [5, 5.41) is 0. The molecule has 64 valence electrons. The molecule has 0 fully saturated rings. The van der Waals surface area contributed by atoms with Crippen LogP contribution in [0.5, 0.6) is 0 Å². The fourth-order valence-corrected chi connectivity index (χ4v) is 1.60. The molecule has 12 heavy (non-hydrogen) atoms. The highest BCUT2D eigenvalue weighted by molar-refractivity contribution is 7.18. The molecule has 1 heterocycles. The van der Waals surface area contributed by atoms with Crippen molar-refractivity contribution in [1.29, 1.82) is 0 Å². The van der Waals surface area contributed by atoms with Crippen LogP contribution in [0.15, 0.2) is 12.1 Å². The Bertz CT molecular complexity index is 318. The normalized spacial score (nSPS) is 9.50. The Labute approximate surface area is 77.9 Å². The summed E-state index contributed by atoms with van der Waals surface area (Å²) in [6.45, 7) is 0. The smallest absolute Gasteiger partial charge is 0.380 e. The quantitative estimate of drug-likeness (QED) is 0.419. The number of halogens is 1. The van der Waals surface area contributed by atoms with Crippen molar-refractivity contribution in [2.45, 2.75) is 0 Å². The number of rotatable bonds is 2. The Balaban J connectivity index is 2.85. The Kier molecular flexibility index (Phi) is 2.83. The van der Waals surface area contributed by atoms with Crippen molar-refractivity contribution >= 4 is 34.7 Å². The molecule has 0 amide bonds. The van der Waals surface area contributed by atoms with Gasteiger partial charge in [-0.1, -0.05) is 11.6 Å². The average molecular weight is 205 g/mol. The van der Waals surface area contributed by atoms with Gasteiger partial charge in [0.25, 0.3) is 5.78 Å². The minimum atomic E-state index is -0.867. The van der Waals surface area contributed by atoms with E-state index in [9.17, 15) is 9.59 Å². The number of esters is 1. The van der Waals surface area contributed by atoms with E-state index >= 15 is 0 Å². The van der Waals surface area contributed by atoms with E-state index in [1.165, 1.54) is 6.07 Å². The molecule has 0 bridgehead atoms. The first-order chi connectivity index (χ1) is 5.65. The van der Waals surface area contributed by atoms with Crippen LogP contribution in [0.1, 0.15) is 9.67 Å². The summed E-state index contributed by atoms with van der Waals surface area (Å²) < 4.78 is 4.73. The van der Waals surface area contributed by atoms with Gasteiger partial charge in [-0.2, -0.15) is 0 Å². The first-order valence-electron chi connectivity index (χ1n) is 3.03. The predicted octanol–water partition coefficient (Wildman–Crippen LogP) is 1.76. The van der Waals surface area contributed by atoms with Gasteiger partial charge in [0, 0.05) is 0 Å². The molecule has 1 aromatic heterocycles. The van der Waals surface area contributed by atoms with E-state index in [0.29, 0.717) is 9.21 Å². The van der Waals surface area contributed by atoms with Crippen LogP contribution in [0.25, 0.3) is 0 Å². The van der Waals surface area contributed by atoms with Crippen LogP contribution in [0.2, 0.25) is 4.34 Å². The summed E-state index contributed by atoms with van der Waals surface area (Å²) in [4.78, 5) is 22.1. The summed E-state index contributed by atoms with van der Waals surface area (Å²) >= 11 is 6.62. The summed E-state index contributed by atoms with van der Waals surface area (Å²) in [7, 11) is 1.16. The number of methoxy groups -OCH3 is 1. The summed E-state index contributed by atoms with van der Waals surface area (Å²) in [6, 6.07) is 3.05. The van der Waals surface area contributed by atoms with Gasteiger partial charge in [0.05, 0.1) is 16.3 Å². The van der Waals surface area contributed by atoms with E-state index in [2.05, 4.69) is 4.74 Å². The van der Waals surface area contributed by atoms with E-state index in [1.54, 1.807) is 6.07 Å². The van der Waals surface area contributed by atoms with Gasteiger partial charge >= 0.3 is 5.97 Å². The first-order valence-corrected chi connectivity index (χ1v) is 4.22. The predicted molar refractivity (Wildman–Crippen MR) is 45.7 cm³/mol. The molecule has 0 aliphatic rings. The van der Waals surface area contributed by atoms with Crippen molar-refractivity contribution in [3.63, 3.8) is 0 Å². The zero-order valence-corrected chi connectivity index (χ0v) is 7.74. The molecular formula is C7H5ClO3S. The van der Waals surface area contributed by atoms with Gasteiger partial charge < -0.3 is 4.74 Å². The maximum atomic E-state index is 11.1. The molecule has 0 N–H and O–H groups in total. The number of hydrogen-bond acceptors (Lipinski definition) is 4. The first kappa shape index (κ1) is 9.22. The SMILES string of the molecule is COC(=O)C(=O)c1ccc(Cl)s1. The molecule has 0 spiro atoms. The van der Waals surface area contributed by atoms with Gasteiger partial charge in [0.1, 0.15) is 0 Å². The molecule has 0 saturated carbocycles. The topological polar surface area (TPSA) is 43.4 Å². The fourth-order valence-electron chi connectivity index (χ4n) is 0.630. The van der Waals surface area contributed by atoms with Gasteiger partial charge in [-0.05, 0) is 12.1 Å². The van der Waals surface area contributed by atoms with Crippen molar-refractivity contribution in [3.05, 3.63) is 21.3 Å². The lowest BCUT2D eigenvalue weighted by Gasteiger charge is -1.92. The minimum absolute atomic E-state index is 0.298.